The number of hydrogen-bond donors (Lipinski definition) is 2. The summed E-state index contributed by atoms with van der Waals surface area (Å²) in [6, 6.07) is 0.580. The van der Waals surface area contributed by atoms with Crippen LogP contribution in [0, 0.1) is 0 Å². The molecule has 1 saturated carbocycles. The van der Waals surface area contributed by atoms with Gasteiger partial charge >= 0.3 is 0 Å². The van der Waals surface area contributed by atoms with E-state index in [1.807, 2.05) is 6.33 Å². The van der Waals surface area contributed by atoms with Gasteiger partial charge in [0, 0.05) is 32.1 Å². The average molecular weight is 486 g/mol. The molecular formula is C20H35IN6. The van der Waals surface area contributed by atoms with Crippen molar-refractivity contribution in [2.45, 2.75) is 83.7 Å². The van der Waals surface area contributed by atoms with Crippen molar-refractivity contribution >= 4 is 29.9 Å². The number of halogens is 1. The summed E-state index contributed by atoms with van der Waals surface area (Å²) in [5, 5.41) is 15.3. The number of aryl methyl sites for hydroxylation is 1. The molecule has 1 heterocycles. The molecule has 7 heteroatoms. The van der Waals surface area contributed by atoms with E-state index in [4.69, 9.17) is 4.99 Å². The van der Waals surface area contributed by atoms with Gasteiger partial charge in [-0.1, -0.05) is 31.4 Å². The van der Waals surface area contributed by atoms with E-state index >= 15 is 0 Å². The second kappa shape index (κ2) is 12.4. The maximum absolute atomic E-state index is 4.86. The van der Waals surface area contributed by atoms with Gasteiger partial charge in [-0.15, -0.1) is 34.2 Å². The Hall–Kier alpha value is -1.12. The fraction of sp³-hybridized carbons (Fsp3) is 0.750. The zero-order valence-electron chi connectivity index (χ0n) is 16.6. The molecule has 2 aliphatic carbocycles. The van der Waals surface area contributed by atoms with Crippen molar-refractivity contribution in [1.82, 2.24) is 25.4 Å². The minimum atomic E-state index is 0. The minimum Gasteiger partial charge on any atom is -0.355 e. The molecule has 3 rings (SSSR count). The lowest BCUT2D eigenvalue weighted by Gasteiger charge is -2.18. The SMILES string of the molecule is CCc1nncn1CCNC(=NCCC1=CCCCC1)NC1CCCC1.I. The summed E-state index contributed by atoms with van der Waals surface area (Å²) in [7, 11) is 0. The third kappa shape index (κ3) is 7.43. The maximum atomic E-state index is 4.86. The molecule has 152 valence electrons. The molecule has 0 aromatic carbocycles. The summed E-state index contributed by atoms with van der Waals surface area (Å²) in [5.74, 6) is 2.01. The van der Waals surface area contributed by atoms with Crippen LogP contribution in [0.4, 0.5) is 0 Å². The zero-order chi connectivity index (χ0) is 18.0. The molecule has 1 aromatic rings. The van der Waals surface area contributed by atoms with Gasteiger partial charge in [-0.3, -0.25) is 4.99 Å². The molecule has 0 saturated heterocycles. The molecular weight excluding hydrogens is 451 g/mol. The lowest BCUT2D eigenvalue weighted by molar-refractivity contribution is 0.592. The standard InChI is InChI=1S/C20H34N6.HI/c1-2-19-25-23-16-26(19)15-14-22-20(24-18-10-6-7-11-18)21-13-12-17-8-4-3-5-9-17;/h8,16,18H,2-7,9-15H2,1H3,(H2,21,22,24);1H. The number of hydrogen-bond acceptors (Lipinski definition) is 3. The summed E-state index contributed by atoms with van der Waals surface area (Å²) in [5.41, 5.74) is 1.59. The van der Waals surface area contributed by atoms with E-state index < -0.39 is 0 Å². The van der Waals surface area contributed by atoms with Crippen LogP contribution in [0.1, 0.15) is 70.5 Å². The fourth-order valence-electron chi connectivity index (χ4n) is 3.89. The van der Waals surface area contributed by atoms with Crippen LogP contribution in [0.2, 0.25) is 0 Å². The zero-order valence-corrected chi connectivity index (χ0v) is 19.0. The summed E-state index contributed by atoms with van der Waals surface area (Å²) in [6.07, 6.45) is 16.7. The van der Waals surface area contributed by atoms with Crippen molar-refractivity contribution in [2.24, 2.45) is 4.99 Å². The highest BCUT2D eigenvalue weighted by atomic mass is 127. The summed E-state index contributed by atoms with van der Waals surface area (Å²) in [4.78, 5) is 4.86. The van der Waals surface area contributed by atoms with Gasteiger partial charge in [0.25, 0.3) is 0 Å². The third-order valence-electron chi connectivity index (χ3n) is 5.44. The van der Waals surface area contributed by atoms with E-state index in [-0.39, 0.29) is 24.0 Å². The number of nitrogens with one attached hydrogen (secondary N) is 2. The molecule has 0 atom stereocenters. The minimum absolute atomic E-state index is 0. The molecule has 1 fully saturated rings. The van der Waals surface area contributed by atoms with Crippen molar-refractivity contribution in [2.75, 3.05) is 13.1 Å². The summed E-state index contributed by atoms with van der Waals surface area (Å²) >= 11 is 0. The highest BCUT2D eigenvalue weighted by Gasteiger charge is 2.16. The Labute approximate surface area is 180 Å². The van der Waals surface area contributed by atoms with Crippen LogP contribution < -0.4 is 10.6 Å². The highest BCUT2D eigenvalue weighted by molar-refractivity contribution is 14.0. The predicted octanol–water partition coefficient (Wildman–Crippen LogP) is 3.83. The van der Waals surface area contributed by atoms with E-state index in [1.54, 1.807) is 5.57 Å². The van der Waals surface area contributed by atoms with Gasteiger partial charge in [0.2, 0.25) is 0 Å². The van der Waals surface area contributed by atoms with Crippen molar-refractivity contribution in [1.29, 1.82) is 0 Å². The molecule has 2 aliphatic rings. The number of rotatable bonds is 8. The lowest BCUT2D eigenvalue weighted by Crippen LogP contribution is -2.43. The summed E-state index contributed by atoms with van der Waals surface area (Å²) < 4.78 is 2.12. The van der Waals surface area contributed by atoms with Gasteiger partial charge in [0.1, 0.15) is 12.2 Å². The van der Waals surface area contributed by atoms with Crippen LogP contribution in [0.3, 0.4) is 0 Å². The molecule has 6 nitrogen and oxygen atoms in total. The van der Waals surface area contributed by atoms with Crippen molar-refractivity contribution in [3.8, 4) is 0 Å². The Morgan fingerprint density at radius 1 is 1.26 bits per heavy atom. The molecule has 0 radical (unpaired) electrons. The third-order valence-corrected chi connectivity index (χ3v) is 5.44. The smallest absolute Gasteiger partial charge is 0.191 e. The average Bonchev–Trinajstić information content (AvgIpc) is 3.34. The van der Waals surface area contributed by atoms with Gasteiger partial charge < -0.3 is 15.2 Å². The van der Waals surface area contributed by atoms with Crippen LogP contribution in [-0.2, 0) is 13.0 Å². The molecule has 2 N–H and O–H groups in total. The largest absolute Gasteiger partial charge is 0.355 e. The van der Waals surface area contributed by atoms with Crippen molar-refractivity contribution in [3.05, 3.63) is 23.8 Å². The van der Waals surface area contributed by atoms with Gasteiger partial charge in [-0.25, -0.2) is 0 Å². The number of aromatic nitrogens is 3. The molecule has 0 amide bonds. The molecule has 0 bridgehead atoms. The van der Waals surface area contributed by atoms with Gasteiger partial charge in [0.05, 0.1) is 0 Å². The van der Waals surface area contributed by atoms with E-state index in [9.17, 15) is 0 Å². The van der Waals surface area contributed by atoms with E-state index in [1.165, 1.54) is 51.4 Å². The van der Waals surface area contributed by atoms with Crippen molar-refractivity contribution < 1.29 is 0 Å². The fourth-order valence-corrected chi connectivity index (χ4v) is 3.89. The van der Waals surface area contributed by atoms with Crippen molar-refractivity contribution in [3.63, 3.8) is 0 Å². The number of aliphatic imine (C=N–C) groups is 1. The number of nitrogens with zero attached hydrogens (tertiary/aromatic N) is 4. The Morgan fingerprint density at radius 2 is 2.11 bits per heavy atom. The van der Waals surface area contributed by atoms with Crippen LogP contribution in [-0.4, -0.2) is 39.9 Å². The monoisotopic (exact) mass is 486 g/mol. The highest BCUT2D eigenvalue weighted by Crippen LogP contribution is 2.20. The topological polar surface area (TPSA) is 67.1 Å². The first-order valence-electron chi connectivity index (χ1n) is 10.4. The Morgan fingerprint density at radius 3 is 2.85 bits per heavy atom. The molecule has 0 unspecified atom stereocenters. The van der Waals surface area contributed by atoms with Crippen LogP contribution in [0.5, 0.6) is 0 Å². The number of allylic oxidation sites excluding steroid dienone is 1. The van der Waals surface area contributed by atoms with Crippen LogP contribution in [0.15, 0.2) is 23.0 Å². The van der Waals surface area contributed by atoms with E-state index in [2.05, 4.69) is 38.4 Å². The van der Waals surface area contributed by atoms with Gasteiger partial charge in [-0.2, -0.15) is 0 Å². The number of guanidine groups is 1. The second-order valence-corrected chi connectivity index (χ2v) is 7.44. The molecule has 0 aliphatic heterocycles. The first kappa shape index (κ1) is 22.2. The quantitative estimate of drug-likeness (QED) is 0.254. The van der Waals surface area contributed by atoms with E-state index in [0.29, 0.717) is 6.04 Å². The summed E-state index contributed by atoms with van der Waals surface area (Å²) in [6.45, 7) is 4.70. The predicted molar refractivity (Wildman–Crippen MR) is 122 cm³/mol. The molecule has 27 heavy (non-hydrogen) atoms. The van der Waals surface area contributed by atoms with Crippen LogP contribution >= 0.6 is 24.0 Å². The molecule has 0 spiro atoms. The Bertz CT molecular complexity index is 603. The van der Waals surface area contributed by atoms with Gasteiger partial charge in [0.15, 0.2) is 5.96 Å². The Kier molecular flexibility index (Phi) is 10.2. The second-order valence-electron chi connectivity index (χ2n) is 7.44. The maximum Gasteiger partial charge on any atom is 0.191 e. The first-order valence-corrected chi connectivity index (χ1v) is 10.4. The van der Waals surface area contributed by atoms with Gasteiger partial charge in [-0.05, 0) is 44.9 Å². The lowest BCUT2D eigenvalue weighted by atomic mass is 9.97. The molecule has 1 aromatic heterocycles. The Balaban J connectivity index is 0.00000261. The van der Waals surface area contributed by atoms with E-state index in [0.717, 1.165) is 44.3 Å². The normalized spacial score (nSPS) is 18.1. The van der Waals surface area contributed by atoms with Crippen LogP contribution in [0.25, 0.3) is 0 Å². The first-order chi connectivity index (χ1) is 12.8.